The predicted molar refractivity (Wildman–Crippen MR) is 273 cm³/mol. The Morgan fingerprint density at radius 3 is 1.45 bits per heavy atom. The first-order valence-corrected chi connectivity index (χ1v) is 23.2. The van der Waals surface area contributed by atoms with Gasteiger partial charge in [0.05, 0.1) is 39.1 Å². The van der Waals surface area contributed by atoms with Gasteiger partial charge in [0.1, 0.15) is 0 Å². The largest absolute Gasteiger partial charge is 0.309 e. The van der Waals surface area contributed by atoms with Crippen molar-refractivity contribution in [2.75, 3.05) is 0 Å². The van der Waals surface area contributed by atoms with E-state index in [0.717, 1.165) is 45.1 Å². The van der Waals surface area contributed by atoms with Crippen LogP contribution in [0.25, 0.3) is 129 Å². The van der Waals surface area contributed by atoms with E-state index in [0.29, 0.717) is 0 Å². The Bertz CT molecular complexity index is 3950. The summed E-state index contributed by atoms with van der Waals surface area (Å²) in [7, 11) is 0. The van der Waals surface area contributed by atoms with Gasteiger partial charge in [-0.05, 0) is 96.1 Å². The number of rotatable bonds is 5. The van der Waals surface area contributed by atoms with Gasteiger partial charge in [-0.1, -0.05) is 115 Å². The van der Waals surface area contributed by atoms with Crippen LogP contribution in [0.4, 0.5) is 0 Å². The molecule has 0 N–H and O–H groups in total. The number of pyridine rings is 2. The van der Waals surface area contributed by atoms with E-state index in [1.165, 1.54) is 84.0 Å². The average Bonchev–Trinajstić information content (AvgIpc) is 4.12. The maximum absolute atomic E-state index is 5.25. The lowest BCUT2D eigenvalue weighted by molar-refractivity contribution is 1.18. The second-order valence-electron chi connectivity index (χ2n) is 16.5. The maximum atomic E-state index is 5.25. The molecule has 6 heteroatoms. The monoisotopic (exact) mass is 850 g/mol. The van der Waals surface area contributed by atoms with Crippen LogP contribution in [0.5, 0.6) is 0 Å². The third-order valence-electron chi connectivity index (χ3n) is 13.0. The first-order chi connectivity index (χ1) is 31.7. The molecule has 0 amide bonds. The smallest absolute Gasteiger partial charge is 0.0893 e. The van der Waals surface area contributed by atoms with Crippen molar-refractivity contribution in [2.45, 2.75) is 0 Å². The number of fused-ring (bicyclic) bond motifs is 14. The zero-order valence-electron chi connectivity index (χ0n) is 34.2. The van der Waals surface area contributed by atoms with Crippen LogP contribution in [-0.4, -0.2) is 19.1 Å². The molecule has 0 aliphatic rings. The molecule has 6 aromatic heterocycles. The van der Waals surface area contributed by atoms with E-state index in [2.05, 4.69) is 209 Å². The molecule has 0 aliphatic heterocycles. The van der Waals surface area contributed by atoms with Crippen LogP contribution in [0.3, 0.4) is 0 Å². The minimum Gasteiger partial charge on any atom is -0.309 e. The molecule has 14 rings (SSSR count). The SMILES string of the molecule is c1cc(-c2ccnc(-c3cccc(-c4cccc(-n5c6ccccc6c6c7sc8ccccc8c7ccc65)c4)n3)c2)cc(-n2c3ccccc3c3c4sc5ccccc5c4ccc32)c1. The molecule has 4 nitrogen and oxygen atoms in total. The van der Waals surface area contributed by atoms with Crippen LogP contribution in [-0.2, 0) is 0 Å². The molecule has 0 fully saturated rings. The fourth-order valence-corrected chi connectivity index (χ4v) is 12.7. The minimum atomic E-state index is 0.833. The van der Waals surface area contributed by atoms with E-state index in [1.807, 2.05) is 28.9 Å². The first kappa shape index (κ1) is 35.7. The highest BCUT2D eigenvalue weighted by Crippen LogP contribution is 2.45. The van der Waals surface area contributed by atoms with Crippen molar-refractivity contribution in [3.05, 3.63) is 206 Å². The van der Waals surface area contributed by atoms with Crippen LogP contribution >= 0.6 is 22.7 Å². The summed E-state index contributed by atoms with van der Waals surface area (Å²) in [4.78, 5) is 10.1. The van der Waals surface area contributed by atoms with Crippen LogP contribution in [0, 0.1) is 0 Å². The minimum absolute atomic E-state index is 0.833. The Balaban J connectivity index is 0.843. The topological polar surface area (TPSA) is 35.6 Å². The van der Waals surface area contributed by atoms with Gasteiger partial charge in [-0.2, -0.15) is 0 Å². The summed E-state index contributed by atoms with van der Waals surface area (Å²) in [6.07, 6.45) is 1.90. The van der Waals surface area contributed by atoms with Crippen molar-refractivity contribution >= 4 is 107 Å². The molecule has 0 saturated heterocycles. The molecule has 6 heterocycles. The first-order valence-electron chi connectivity index (χ1n) is 21.6. The average molecular weight is 851 g/mol. The molecule has 0 spiro atoms. The van der Waals surface area contributed by atoms with Crippen molar-refractivity contribution < 1.29 is 0 Å². The third-order valence-corrected chi connectivity index (χ3v) is 15.4. The second-order valence-corrected chi connectivity index (χ2v) is 18.6. The zero-order valence-corrected chi connectivity index (χ0v) is 35.9. The predicted octanol–water partition coefficient (Wildman–Crippen LogP) is 16.4. The number of hydrogen-bond donors (Lipinski definition) is 0. The molecular formula is C58H34N4S2. The molecule has 64 heavy (non-hydrogen) atoms. The lowest BCUT2D eigenvalue weighted by Gasteiger charge is -2.12. The highest BCUT2D eigenvalue weighted by molar-refractivity contribution is 7.27. The van der Waals surface area contributed by atoms with Crippen LogP contribution in [0.2, 0.25) is 0 Å². The third kappa shape index (κ3) is 5.27. The molecule has 8 aromatic carbocycles. The van der Waals surface area contributed by atoms with Crippen LogP contribution in [0.15, 0.2) is 206 Å². The summed E-state index contributed by atoms with van der Waals surface area (Å²) in [5.41, 5.74) is 12.9. The van der Waals surface area contributed by atoms with E-state index < -0.39 is 0 Å². The van der Waals surface area contributed by atoms with Crippen molar-refractivity contribution in [2.24, 2.45) is 0 Å². The highest BCUT2D eigenvalue weighted by atomic mass is 32.1. The van der Waals surface area contributed by atoms with E-state index in [1.54, 1.807) is 0 Å². The standard InChI is InChI=1S/C58H34N4S2/c1-5-22-49-44(18-1)55-51(28-26-42-40-16-3-7-24-53(40)63-57(42)55)61(49)38-14-9-12-35(32-38)36-30-31-59-48(34-36)47-21-11-20-46(60-47)37-13-10-15-39(33-37)62-50-23-6-2-19-45(50)56-52(62)29-27-43-41-17-4-8-25-54(41)64-58(43)56/h1-34H. The molecule has 0 atom stereocenters. The number of para-hydroxylation sites is 2. The molecule has 298 valence electrons. The van der Waals surface area contributed by atoms with Gasteiger partial charge in [0, 0.05) is 85.0 Å². The van der Waals surface area contributed by atoms with Crippen molar-refractivity contribution in [3.63, 3.8) is 0 Å². The van der Waals surface area contributed by atoms with Gasteiger partial charge in [-0.15, -0.1) is 22.7 Å². The van der Waals surface area contributed by atoms with Gasteiger partial charge in [-0.3, -0.25) is 4.98 Å². The summed E-state index contributed by atoms with van der Waals surface area (Å²) < 4.78 is 10.1. The summed E-state index contributed by atoms with van der Waals surface area (Å²) >= 11 is 3.77. The number of benzene rings is 8. The lowest BCUT2D eigenvalue weighted by atomic mass is 10.0. The Kier molecular flexibility index (Phi) is 7.69. The highest BCUT2D eigenvalue weighted by Gasteiger charge is 2.20. The molecule has 0 aliphatic carbocycles. The molecule has 0 saturated carbocycles. The van der Waals surface area contributed by atoms with Crippen LogP contribution in [0.1, 0.15) is 0 Å². The van der Waals surface area contributed by atoms with Crippen molar-refractivity contribution in [1.82, 2.24) is 19.1 Å². The van der Waals surface area contributed by atoms with Crippen molar-refractivity contribution in [3.8, 4) is 45.1 Å². The van der Waals surface area contributed by atoms with Gasteiger partial charge in [-0.25, -0.2) is 4.98 Å². The van der Waals surface area contributed by atoms with Crippen LogP contribution < -0.4 is 0 Å². The fourth-order valence-electron chi connectivity index (χ4n) is 10.1. The number of thiophene rings is 2. The summed E-state index contributed by atoms with van der Waals surface area (Å²) in [5.74, 6) is 0. The van der Waals surface area contributed by atoms with Gasteiger partial charge < -0.3 is 9.13 Å². The summed E-state index contributed by atoms with van der Waals surface area (Å²) in [5, 5.41) is 10.4. The normalized spacial score (nSPS) is 12.1. The fraction of sp³-hybridized carbons (Fsp3) is 0. The molecular weight excluding hydrogens is 817 g/mol. The lowest BCUT2D eigenvalue weighted by Crippen LogP contribution is -1.96. The second kappa shape index (κ2) is 13.8. The van der Waals surface area contributed by atoms with Gasteiger partial charge in [0.25, 0.3) is 0 Å². The quantitative estimate of drug-likeness (QED) is 0.173. The zero-order chi connectivity index (χ0) is 41.9. The number of hydrogen-bond acceptors (Lipinski definition) is 4. The van der Waals surface area contributed by atoms with E-state index in [4.69, 9.17) is 9.97 Å². The molecule has 0 unspecified atom stereocenters. The molecule has 0 bridgehead atoms. The van der Waals surface area contributed by atoms with E-state index >= 15 is 0 Å². The van der Waals surface area contributed by atoms with Gasteiger partial charge in [0.15, 0.2) is 0 Å². The summed E-state index contributed by atoms with van der Waals surface area (Å²) in [6.45, 7) is 0. The Labute approximate surface area is 375 Å². The Morgan fingerprint density at radius 1 is 0.328 bits per heavy atom. The maximum Gasteiger partial charge on any atom is 0.0893 e. The molecule has 0 radical (unpaired) electrons. The molecule has 14 aromatic rings. The Morgan fingerprint density at radius 2 is 0.828 bits per heavy atom. The summed E-state index contributed by atoms with van der Waals surface area (Å²) in [6, 6.07) is 72.4. The van der Waals surface area contributed by atoms with E-state index in [-0.39, 0.29) is 0 Å². The number of aromatic nitrogens is 4. The Hall–Kier alpha value is -7.90. The number of nitrogens with zero attached hydrogens (tertiary/aromatic N) is 4. The van der Waals surface area contributed by atoms with Gasteiger partial charge in [0.2, 0.25) is 0 Å². The van der Waals surface area contributed by atoms with E-state index in [9.17, 15) is 0 Å². The van der Waals surface area contributed by atoms with Gasteiger partial charge >= 0.3 is 0 Å². The van der Waals surface area contributed by atoms with Crippen molar-refractivity contribution in [1.29, 1.82) is 0 Å².